The molecule has 0 atom stereocenters. The number of diazo groups is 1. The molecule has 0 amide bonds. The van der Waals surface area contributed by atoms with E-state index in [9.17, 15) is 0 Å². The average Bonchev–Trinajstić information content (AvgIpc) is 2.38. The van der Waals surface area contributed by atoms with Crippen molar-refractivity contribution in [2.45, 2.75) is 13.5 Å². The summed E-state index contributed by atoms with van der Waals surface area (Å²) in [5, 5.41) is 12.1. The smallest absolute Gasteiger partial charge is 0.374 e. The average molecular weight is 224 g/mol. The Hall–Kier alpha value is -2.34. The lowest BCUT2D eigenvalue weighted by molar-refractivity contribution is 1.15. The van der Waals surface area contributed by atoms with E-state index in [1.54, 1.807) is 6.07 Å². The van der Waals surface area contributed by atoms with Crippen LogP contribution in [0.25, 0.3) is 4.98 Å². The van der Waals surface area contributed by atoms with E-state index in [-0.39, 0.29) is 0 Å². The highest BCUT2D eigenvalue weighted by Gasteiger charge is 2.10. The van der Waals surface area contributed by atoms with E-state index in [0.717, 1.165) is 5.69 Å². The SMILES string of the molecule is Cc1ccc(CNc2ccccc2[N+]#N)cc1. The first-order chi connectivity index (χ1) is 8.29. The minimum absolute atomic E-state index is 0.555. The number of nitrogens with zero attached hydrogens (tertiary/aromatic N) is 2. The van der Waals surface area contributed by atoms with E-state index in [1.165, 1.54) is 11.1 Å². The fourth-order valence-corrected chi connectivity index (χ4v) is 1.61. The van der Waals surface area contributed by atoms with Crippen LogP contribution in [0.2, 0.25) is 0 Å². The number of aryl methyl sites for hydroxylation is 1. The molecule has 2 aromatic rings. The highest BCUT2D eigenvalue weighted by atomic mass is 14.9. The standard InChI is InChI=1S/C14H14N3/c1-11-6-8-12(9-7-11)10-16-13-4-2-3-5-14(13)17-15/h2-9,16H,10H2,1H3/q+1. The van der Waals surface area contributed by atoms with Gasteiger partial charge in [0.2, 0.25) is 5.39 Å². The molecule has 0 fully saturated rings. The van der Waals surface area contributed by atoms with Crippen molar-refractivity contribution in [1.29, 1.82) is 5.39 Å². The van der Waals surface area contributed by atoms with Crippen LogP contribution >= 0.6 is 0 Å². The van der Waals surface area contributed by atoms with Gasteiger partial charge in [0.1, 0.15) is 5.69 Å². The molecule has 84 valence electrons. The molecule has 2 aromatic carbocycles. The van der Waals surface area contributed by atoms with Gasteiger partial charge in [-0.1, -0.05) is 42.0 Å². The molecule has 3 nitrogen and oxygen atoms in total. The van der Waals surface area contributed by atoms with E-state index in [0.29, 0.717) is 12.2 Å². The predicted molar refractivity (Wildman–Crippen MR) is 69.7 cm³/mol. The van der Waals surface area contributed by atoms with E-state index >= 15 is 0 Å². The molecule has 17 heavy (non-hydrogen) atoms. The van der Waals surface area contributed by atoms with Gasteiger partial charge in [0.05, 0.1) is 0 Å². The Morgan fingerprint density at radius 3 is 2.47 bits per heavy atom. The Balaban J connectivity index is 2.08. The van der Waals surface area contributed by atoms with Gasteiger partial charge in [0, 0.05) is 12.6 Å². The Kier molecular flexibility index (Phi) is 3.37. The predicted octanol–water partition coefficient (Wildman–Crippen LogP) is 4.09. The third-order valence-electron chi connectivity index (χ3n) is 2.62. The zero-order valence-electron chi connectivity index (χ0n) is 9.72. The minimum atomic E-state index is 0.555. The summed E-state index contributed by atoms with van der Waals surface area (Å²) in [6.45, 7) is 2.78. The van der Waals surface area contributed by atoms with Crippen LogP contribution in [-0.4, -0.2) is 0 Å². The third-order valence-corrected chi connectivity index (χ3v) is 2.62. The van der Waals surface area contributed by atoms with Gasteiger partial charge in [-0.15, -0.1) is 0 Å². The maximum Gasteiger partial charge on any atom is 0.407 e. The topological polar surface area (TPSA) is 40.2 Å². The maximum atomic E-state index is 8.84. The van der Waals surface area contributed by atoms with Crippen molar-refractivity contribution in [1.82, 2.24) is 0 Å². The van der Waals surface area contributed by atoms with Crippen molar-refractivity contribution >= 4 is 11.4 Å². The summed E-state index contributed by atoms with van der Waals surface area (Å²) in [5.74, 6) is 0. The highest BCUT2D eigenvalue weighted by molar-refractivity contribution is 5.68. The van der Waals surface area contributed by atoms with E-state index in [1.807, 2.05) is 18.2 Å². The summed E-state index contributed by atoms with van der Waals surface area (Å²) in [4.78, 5) is 3.23. The molecule has 0 spiro atoms. The van der Waals surface area contributed by atoms with Crippen molar-refractivity contribution in [3.05, 3.63) is 64.6 Å². The quantitative estimate of drug-likeness (QED) is 0.797. The van der Waals surface area contributed by atoms with Crippen molar-refractivity contribution in [3.63, 3.8) is 0 Å². The van der Waals surface area contributed by atoms with Crippen LogP contribution in [-0.2, 0) is 6.54 Å². The van der Waals surface area contributed by atoms with Gasteiger partial charge >= 0.3 is 5.69 Å². The normalized spacial score (nSPS) is 9.65. The molecular formula is C14H14N3+. The summed E-state index contributed by atoms with van der Waals surface area (Å²) < 4.78 is 0. The molecule has 0 unspecified atom stereocenters. The van der Waals surface area contributed by atoms with Crippen LogP contribution in [0.5, 0.6) is 0 Å². The second-order valence-corrected chi connectivity index (χ2v) is 3.96. The lowest BCUT2D eigenvalue weighted by atomic mass is 10.1. The van der Waals surface area contributed by atoms with Crippen molar-refractivity contribution < 1.29 is 0 Å². The van der Waals surface area contributed by atoms with Crippen molar-refractivity contribution in [3.8, 4) is 0 Å². The van der Waals surface area contributed by atoms with E-state index < -0.39 is 0 Å². The molecule has 0 saturated carbocycles. The molecule has 0 heterocycles. The third kappa shape index (κ3) is 2.82. The van der Waals surface area contributed by atoms with Gasteiger partial charge in [0.15, 0.2) is 4.98 Å². The first kappa shape index (κ1) is 11.2. The summed E-state index contributed by atoms with van der Waals surface area (Å²) in [5.41, 5.74) is 3.83. The number of hydrogen-bond acceptors (Lipinski definition) is 2. The fourth-order valence-electron chi connectivity index (χ4n) is 1.61. The van der Waals surface area contributed by atoms with E-state index in [2.05, 4.69) is 41.5 Å². The van der Waals surface area contributed by atoms with Crippen molar-refractivity contribution in [2.75, 3.05) is 5.32 Å². The molecule has 0 saturated heterocycles. The molecule has 0 aliphatic carbocycles. The molecule has 0 aromatic heterocycles. The molecule has 0 aliphatic heterocycles. The summed E-state index contributed by atoms with van der Waals surface area (Å²) in [6.07, 6.45) is 0. The second kappa shape index (κ2) is 5.13. The lowest BCUT2D eigenvalue weighted by Crippen LogP contribution is -1.99. The second-order valence-electron chi connectivity index (χ2n) is 3.96. The number of para-hydroxylation sites is 1. The van der Waals surface area contributed by atoms with Crippen LogP contribution in [0.3, 0.4) is 0 Å². The van der Waals surface area contributed by atoms with Gasteiger partial charge in [0.25, 0.3) is 0 Å². The zero-order chi connectivity index (χ0) is 12.1. The highest BCUT2D eigenvalue weighted by Crippen LogP contribution is 2.24. The number of anilines is 1. The van der Waals surface area contributed by atoms with E-state index in [4.69, 9.17) is 5.39 Å². The molecule has 2 rings (SSSR count). The lowest BCUT2D eigenvalue weighted by Gasteiger charge is -2.04. The Morgan fingerprint density at radius 2 is 1.76 bits per heavy atom. The van der Waals surface area contributed by atoms with Crippen LogP contribution in [0.15, 0.2) is 48.5 Å². The van der Waals surface area contributed by atoms with Gasteiger partial charge in [-0.05, 0) is 18.6 Å². The molecule has 0 aliphatic rings. The van der Waals surface area contributed by atoms with Crippen molar-refractivity contribution in [2.24, 2.45) is 0 Å². The minimum Gasteiger partial charge on any atom is -0.374 e. The number of nitrogens with one attached hydrogen (secondary N) is 1. The van der Waals surface area contributed by atoms with Gasteiger partial charge in [-0.2, -0.15) is 0 Å². The first-order valence-corrected chi connectivity index (χ1v) is 5.53. The Labute approximate surface area is 101 Å². The monoisotopic (exact) mass is 224 g/mol. The van der Waals surface area contributed by atoms with Crippen LogP contribution in [0, 0.1) is 12.3 Å². The van der Waals surface area contributed by atoms with Gasteiger partial charge < -0.3 is 5.32 Å². The number of rotatable bonds is 3. The van der Waals surface area contributed by atoms with Gasteiger partial charge in [-0.3, -0.25) is 0 Å². The molecule has 0 bridgehead atoms. The van der Waals surface area contributed by atoms with Crippen LogP contribution in [0.1, 0.15) is 11.1 Å². The summed E-state index contributed by atoms with van der Waals surface area (Å²) in [7, 11) is 0. The fraction of sp³-hybridized carbons (Fsp3) is 0.143. The van der Waals surface area contributed by atoms with Gasteiger partial charge in [-0.25, -0.2) is 0 Å². The Morgan fingerprint density at radius 1 is 1.06 bits per heavy atom. The summed E-state index contributed by atoms with van der Waals surface area (Å²) >= 11 is 0. The zero-order valence-corrected chi connectivity index (χ0v) is 9.72. The van der Waals surface area contributed by atoms with Crippen LogP contribution in [0.4, 0.5) is 11.4 Å². The first-order valence-electron chi connectivity index (χ1n) is 5.53. The molecular weight excluding hydrogens is 210 g/mol. The number of hydrogen-bond donors (Lipinski definition) is 1. The number of benzene rings is 2. The summed E-state index contributed by atoms with van der Waals surface area (Å²) in [6, 6.07) is 15.7. The molecule has 1 N–H and O–H groups in total. The maximum absolute atomic E-state index is 8.84. The largest absolute Gasteiger partial charge is 0.407 e. The van der Waals surface area contributed by atoms with Crippen LogP contribution < -0.4 is 5.32 Å². The Bertz CT molecular complexity index is 538. The molecule has 0 radical (unpaired) electrons. The molecule has 3 heteroatoms.